The Morgan fingerprint density at radius 1 is 1.14 bits per heavy atom. The normalized spacial score (nSPS) is 11.0. The number of hydrogen-bond acceptors (Lipinski definition) is 10. The number of benzene rings is 1. The molecule has 12 heteroatoms. The lowest BCUT2D eigenvalue weighted by molar-refractivity contribution is 0.0948. The molecule has 0 unspecified atom stereocenters. The van der Waals surface area contributed by atoms with Gasteiger partial charge < -0.3 is 15.4 Å². The Balaban J connectivity index is 1.35. The topological polar surface area (TPSA) is 142 Å². The van der Waals surface area contributed by atoms with Gasteiger partial charge in [-0.05, 0) is 36.8 Å². The molecule has 0 aliphatic heterocycles. The van der Waals surface area contributed by atoms with E-state index >= 15 is 0 Å². The number of anilines is 2. The van der Waals surface area contributed by atoms with Gasteiger partial charge in [-0.2, -0.15) is 5.10 Å². The third-order valence-electron chi connectivity index (χ3n) is 5.61. The fourth-order valence-electron chi connectivity index (χ4n) is 3.75. The number of rotatable bonds is 9. The molecule has 0 saturated carbocycles. The van der Waals surface area contributed by atoms with Crippen molar-refractivity contribution >= 4 is 34.4 Å². The zero-order chi connectivity index (χ0) is 25.8. The van der Waals surface area contributed by atoms with Gasteiger partial charge in [-0.3, -0.25) is 14.6 Å². The largest absolute Gasteiger partial charge is 0.496 e. The number of aromatic nitrogens is 5. The van der Waals surface area contributed by atoms with Gasteiger partial charge in [-0.25, -0.2) is 20.4 Å². The molecule has 4 aromatic heterocycles. The summed E-state index contributed by atoms with van der Waals surface area (Å²) < 4.78 is 7.21. The highest BCUT2D eigenvalue weighted by Crippen LogP contribution is 2.30. The minimum Gasteiger partial charge on any atom is -0.496 e. The van der Waals surface area contributed by atoms with E-state index in [1.807, 2.05) is 30.5 Å². The first kappa shape index (κ1) is 24.3. The lowest BCUT2D eigenvalue weighted by Crippen LogP contribution is -2.23. The minimum absolute atomic E-state index is 0.249. The number of amides is 1. The first-order chi connectivity index (χ1) is 18.1. The molecule has 4 heterocycles. The summed E-state index contributed by atoms with van der Waals surface area (Å²) in [5.74, 6) is 5.87. The van der Waals surface area contributed by atoms with Gasteiger partial charge in [0.2, 0.25) is 0 Å². The van der Waals surface area contributed by atoms with Crippen molar-refractivity contribution in [2.75, 3.05) is 12.4 Å². The van der Waals surface area contributed by atoms with Crippen molar-refractivity contribution in [3.05, 3.63) is 82.2 Å². The van der Waals surface area contributed by atoms with Crippen molar-refractivity contribution in [1.82, 2.24) is 29.9 Å². The van der Waals surface area contributed by atoms with E-state index in [1.54, 1.807) is 35.1 Å². The molecule has 37 heavy (non-hydrogen) atoms. The predicted molar refractivity (Wildman–Crippen MR) is 139 cm³/mol. The van der Waals surface area contributed by atoms with Gasteiger partial charge in [0.25, 0.3) is 5.91 Å². The van der Waals surface area contributed by atoms with Crippen LogP contribution in [0.15, 0.2) is 60.5 Å². The van der Waals surface area contributed by atoms with Crippen molar-refractivity contribution < 1.29 is 14.4 Å². The molecule has 4 N–H and O–H groups in total. The maximum Gasteiger partial charge on any atom is 0.255 e. The first-order valence-corrected chi connectivity index (χ1v) is 12.2. The molecule has 1 aromatic carbocycles. The number of fused-ring (bicyclic) bond motifs is 1. The molecule has 0 bridgehead atoms. The van der Waals surface area contributed by atoms with Crippen LogP contribution in [0.5, 0.6) is 5.75 Å². The molecular formula is C25H24N8O3S. The van der Waals surface area contributed by atoms with Gasteiger partial charge in [-0.1, -0.05) is 6.07 Å². The molecule has 188 valence electrons. The molecule has 5 rings (SSSR count). The number of methoxy groups -OCH3 is 1. The quantitative estimate of drug-likeness (QED) is 0.250. The van der Waals surface area contributed by atoms with Crippen molar-refractivity contribution in [2.45, 2.75) is 20.1 Å². The minimum atomic E-state index is -0.249. The highest BCUT2D eigenvalue weighted by atomic mass is 32.1. The SMILES string of the molecule is COc1cc(Nc2ncc(-c3csc(CON)c3)n3ncnc23)ccc1C(=O)NCc1ccc(C)nc1. The predicted octanol–water partition coefficient (Wildman–Crippen LogP) is 3.63. The van der Waals surface area contributed by atoms with Crippen LogP contribution in [0.25, 0.3) is 16.9 Å². The number of carbonyl (C=O) groups is 1. The van der Waals surface area contributed by atoms with Crippen LogP contribution in [-0.4, -0.2) is 37.6 Å². The van der Waals surface area contributed by atoms with Gasteiger partial charge in [0, 0.05) is 46.0 Å². The summed E-state index contributed by atoms with van der Waals surface area (Å²) in [6, 6.07) is 11.0. The van der Waals surface area contributed by atoms with E-state index in [4.69, 9.17) is 15.5 Å². The Morgan fingerprint density at radius 3 is 2.81 bits per heavy atom. The highest BCUT2D eigenvalue weighted by molar-refractivity contribution is 7.10. The fraction of sp³-hybridized carbons (Fsp3) is 0.160. The zero-order valence-electron chi connectivity index (χ0n) is 20.1. The van der Waals surface area contributed by atoms with E-state index < -0.39 is 0 Å². The molecule has 0 atom stereocenters. The average Bonchev–Trinajstić information content (AvgIpc) is 3.59. The van der Waals surface area contributed by atoms with Crippen LogP contribution in [0.4, 0.5) is 11.5 Å². The number of aryl methyl sites for hydroxylation is 1. The van der Waals surface area contributed by atoms with Crippen molar-refractivity contribution in [1.29, 1.82) is 0 Å². The lowest BCUT2D eigenvalue weighted by atomic mass is 10.1. The molecule has 1 amide bonds. The summed E-state index contributed by atoms with van der Waals surface area (Å²) in [4.78, 5) is 31.7. The van der Waals surface area contributed by atoms with Crippen LogP contribution >= 0.6 is 11.3 Å². The molecule has 0 fully saturated rings. The summed E-state index contributed by atoms with van der Waals surface area (Å²) in [6.07, 6.45) is 4.94. The second kappa shape index (κ2) is 10.7. The van der Waals surface area contributed by atoms with Crippen LogP contribution in [0.1, 0.15) is 26.5 Å². The van der Waals surface area contributed by atoms with E-state index in [9.17, 15) is 4.79 Å². The third kappa shape index (κ3) is 5.26. The molecule has 0 radical (unpaired) electrons. The number of nitrogens with zero attached hydrogens (tertiary/aromatic N) is 5. The summed E-state index contributed by atoms with van der Waals surface area (Å²) in [5.41, 5.74) is 5.20. The number of thiophene rings is 1. The maximum absolute atomic E-state index is 12.8. The van der Waals surface area contributed by atoms with Gasteiger partial charge in [0.1, 0.15) is 18.7 Å². The Bertz CT molecular complexity index is 1550. The first-order valence-electron chi connectivity index (χ1n) is 11.3. The van der Waals surface area contributed by atoms with E-state index in [0.717, 1.165) is 27.4 Å². The average molecular weight is 517 g/mol. The van der Waals surface area contributed by atoms with E-state index in [2.05, 4.69) is 30.7 Å². The van der Waals surface area contributed by atoms with Crippen molar-refractivity contribution in [2.24, 2.45) is 5.90 Å². The second-order valence-corrected chi connectivity index (χ2v) is 9.13. The molecule has 0 aliphatic rings. The smallest absolute Gasteiger partial charge is 0.255 e. The maximum atomic E-state index is 12.8. The van der Waals surface area contributed by atoms with E-state index in [-0.39, 0.29) is 5.91 Å². The van der Waals surface area contributed by atoms with Crippen LogP contribution in [0, 0.1) is 6.92 Å². The second-order valence-electron chi connectivity index (χ2n) is 8.13. The van der Waals surface area contributed by atoms with E-state index in [0.29, 0.717) is 41.6 Å². The molecular weight excluding hydrogens is 492 g/mol. The molecule has 0 spiro atoms. The molecule has 11 nitrogen and oxygen atoms in total. The molecule has 0 saturated heterocycles. The zero-order valence-corrected chi connectivity index (χ0v) is 21.0. The number of nitrogens with two attached hydrogens (primary N) is 1. The Kier molecular flexibility index (Phi) is 7.03. The summed E-state index contributed by atoms with van der Waals surface area (Å²) in [6.45, 7) is 2.61. The Labute approximate surface area is 216 Å². The number of nitrogens with one attached hydrogen (secondary N) is 2. The molecule has 5 aromatic rings. The van der Waals surface area contributed by atoms with Crippen LogP contribution in [0.3, 0.4) is 0 Å². The fourth-order valence-corrected chi connectivity index (χ4v) is 4.55. The number of carbonyl (C=O) groups excluding carboxylic acids is 1. The van der Waals surface area contributed by atoms with Gasteiger partial charge in [-0.15, -0.1) is 11.3 Å². The Hall–Kier alpha value is -4.39. The van der Waals surface area contributed by atoms with Crippen molar-refractivity contribution in [3.8, 4) is 17.0 Å². The van der Waals surface area contributed by atoms with Crippen molar-refractivity contribution in [3.63, 3.8) is 0 Å². The molecule has 0 aliphatic carbocycles. The number of ether oxygens (including phenoxy) is 1. The van der Waals surface area contributed by atoms with Crippen LogP contribution in [-0.2, 0) is 18.0 Å². The van der Waals surface area contributed by atoms with Crippen LogP contribution < -0.4 is 21.3 Å². The highest BCUT2D eigenvalue weighted by Gasteiger charge is 2.16. The van der Waals surface area contributed by atoms with Gasteiger partial charge in [0.15, 0.2) is 11.5 Å². The summed E-state index contributed by atoms with van der Waals surface area (Å²) in [7, 11) is 1.52. The number of pyridine rings is 1. The van der Waals surface area contributed by atoms with Gasteiger partial charge >= 0.3 is 0 Å². The standard InChI is InChI=1S/C25H24N8O3S/c1-15-3-4-16(9-27-15)10-29-25(34)20-6-5-18(8-22(20)35-2)32-23-24-30-14-31-33(24)21(11-28-23)17-7-19(12-36-26)37-13-17/h3-9,11,13-14H,10,12,26H2,1-2H3,(H,28,32)(H,29,34). The van der Waals surface area contributed by atoms with Gasteiger partial charge in [0.05, 0.1) is 24.6 Å². The summed E-state index contributed by atoms with van der Waals surface area (Å²) in [5, 5.41) is 12.5. The third-order valence-corrected chi connectivity index (χ3v) is 6.52. The number of hydrogen-bond donors (Lipinski definition) is 3. The van der Waals surface area contributed by atoms with E-state index in [1.165, 1.54) is 24.8 Å². The lowest BCUT2D eigenvalue weighted by Gasteiger charge is -2.13. The van der Waals surface area contributed by atoms with Crippen LogP contribution in [0.2, 0.25) is 0 Å². The monoisotopic (exact) mass is 516 g/mol. The summed E-state index contributed by atoms with van der Waals surface area (Å²) >= 11 is 1.54. The Morgan fingerprint density at radius 2 is 2.03 bits per heavy atom.